The number of amides is 1. The summed E-state index contributed by atoms with van der Waals surface area (Å²) in [6, 6.07) is 17.0. The van der Waals surface area contributed by atoms with Crippen molar-refractivity contribution in [2.45, 2.75) is 44.1 Å². The maximum Gasteiger partial charge on any atom is 0.272 e. The first kappa shape index (κ1) is 20.6. The molecule has 1 amide bonds. The van der Waals surface area contributed by atoms with E-state index >= 15 is 0 Å². The molecule has 0 bridgehead atoms. The van der Waals surface area contributed by atoms with Gasteiger partial charge < -0.3 is 10.4 Å². The molecular weight excluding hydrogens is 398 g/mol. The molecular formula is C24H26ClN3O2. The Balaban J connectivity index is 1.56. The Bertz CT molecular complexity index is 1000. The third-order valence-corrected chi connectivity index (χ3v) is 6.05. The molecule has 0 saturated heterocycles. The van der Waals surface area contributed by atoms with Crippen molar-refractivity contribution in [3.8, 4) is 0 Å². The Labute approximate surface area is 181 Å². The van der Waals surface area contributed by atoms with Gasteiger partial charge >= 0.3 is 0 Å². The van der Waals surface area contributed by atoms with E-state index in [9.17, 15) is 9.90 Å². The summed E-state index contributed by atoms with van der Waals surface area (Å²) in [5.41, 5.74) is 4.55. The van der Waals surface area contributed by atoms with Crippen LogP contribution < -0.4 is 5.32 Å². The van der Waals surface area contributed by atoms with Crippen LogP contribution in [0.3, 0.4) is 0 Å². The lowest BCUT2D eigenvalue weighted by Gasteiger charge is -2.17. The van der Waals surface area contributed by atoms with E-state index in [2.05, 4.69) is 21.6 Å². The van der Waals surface area contributed by atoms with E-state index in [4.69, 9.17) is 11.6 Å². The standard InChI is InChI=1S/C24H26ClN3O2/c25-19-11-6-7-16(14-19)13-18-10-4-5-12-20-22(18)27-28-23(20)24(30)26-21(15-29)17-8-2-1-3-9-17/h1-3,6-9,11,14,18,21,29H,4-5,10,12-13,15H2,(H,26,30)(H,27,28). The molecule has 3 aromatic rings. The molecule has 30 heavy (non-hydrogen) atoms. The lowest BCUT2D eigenvalue weighted by atomic mass is 9.91. The Kier molecular flexibility index (Phi) is 6.50. The number of nitrogens with one attached hydrogen (secondary N) is 2. The zero-order chi connectivity index (χ0) is 20.9. The maximum absolute atomic E-state index is 13.0. The number of hydrogen-bond donors (Lipinski definition) is 3. The maximum atomic E-state index is 13.0. The number of aromatic nitrogens is 2. The minimum atomic E-state index is -0.459. The number of halogens is 1. The van der Waals surface area contributed by atoms with Crippen LogP contribution in [0.1, 0.15) is 64.1 Å². The van der Waals surface area contributed by atoms with E-state index in [1.54, 1.807) is 0 Å². The van der Waals surface area contributed by atoms with Crippen molar-refractivity contribution in [2.75, 3.05) is 6.61 Å². The lowest BCUT2D eigenvalue weighted by molar-refractivity contribution is 0.0910. The summed E-state index contributed by atoms with van der Waals surface area (Å²) >= 11 is 6.16. The number of aliphatic hydroxyl groups excluding tert-OH is 1. The van der Waals surface area contributed by atoms with E-state index < -0.39 is 6.04 Å². The highest BCUT2D eigenvalue weighted by atomic mass is 35.5. The number of benzene rings is 2. The van der Waals surface area contributed by atoms with Gasteiger partial charge in [-0.15, -0.1) is 0 Å². The molecule has 2 atom stereocenters. The fourth-order valence-electron chi connectivity index (χ4n) is 4.29. The van der Waals surface area contributed by atoms with Crippen molar-refractivity contribution in [3.63, 3.8) is 0 Å². The molecule has 4 rings (SSSR count). The highest BCUT2D eigenvalue weighted by Crippen LogP contribution is 2.33. The van der Waals surface area contributed by atoms with Crippen molar-refractivity contribution >= 4 is 17.5 Å². The molecule has 0 aliphatic heterocycles. The molecule has 1 aromatic heterocycles. The topological polar surface area (TPSA) is 78.0 Å². The number of rotatable bonds is 6. The smallest absolute Gasteiger partial charge is 0.272 e. The zero-order valence-corrected chi connectivity index (χ0v) is 17.5. The summed E-state index contributed by atoms with van der Waals surface area (Å²) < 4.78 is 0. The SMILES string of the molecule is O=C(NC(CO)c1ccccc1)c1n[nH]c2c1CCCCC2Cc1cccc(Cl)c1. The quantitative estimate of drug-likeness (QED) is 0.508. The summed E-state index contributed by atoms with van der Waals surface area (Å²) in [6.07, 6.45) is 4.88. The third-order valence-electron chi connectivity index (χ3n) is 5.81. The first-order valence-electron chi connectivity index (χ1n) is 10.4. The van der Waals surface area contributed by atoms with Crippen molar-refractivity contribution in [2.24, 2.45) is 0 Å². The second-order valence-electron chi connectivity index (χ2n) is 7.86. The molecule has 2 aromatic carbocycles. The highest BCUT2D eigenvalue weighted by Gasteiger charge is 2.28. The van der Waals surface area contributed by atoms with Crippen molar-refractivity contribution < 1.29 is 9.90 Å². The van der Waals surface area contributed by atoms with Gasteiger partial charge in [0.1, 0.15) is 0 Å². The number of carbonyl (C=O) groups is 1. The average Bonchev–Trinajstić information content (AvgIpc) is 3.09. The third kappa shape index (κ3) is 4.58. The van der Waals surface area contributed by atoms with Crippen LogP contribution in [0, 0.1) is 0 Å². The Morgan fingerprint density at radius 3 is 2.80 bits per heavy atom. The summed E-state index contributed by atoms with van der Waals surface area (Å²) in [5, 5.41) is 21.0. The summed E-state index contributed by atoms with van der Waals surface area (Å²) in [7, 11) is 0. The fourth-order valence-corrected chi connectivity index (χ4v) is 4.51. The molecule has 0 saturated carbocycles. The number of nitrogens with zero attached hydrogens (tertiary/aromatic N) is 1. The molecule has 6 heteroatoms. The van der Waals surface area contributed by atoms with Gasteiger partial charge in [0.25, 0.3) is 5.91 Å². The molecule has 1 aliphatic rings. The van der Waals surface area contributed by atoms with Crippen LogP contribution in [0.4, 0.5) is 0 Å². The summed E-state index contributed by atoms with van der Waals surface area (Å²) in [6.45, 7) is -0.167. The molecule has 1 heterocycles. The van der Waals surface area contributed by atoms with Crippen LogP contribution in [-0.2, 0) is 12.8 Å². The van der Waals surface area contributed by atoms with E-state index in [1.807, 2.05) is 48.5 Å². The largest absolute Gasteiger partial charge is 0.394 e. The average molecular weight is 424 g/mol. The molecule has 0 spiro atoms. The number of fused-ring (bicyclic) bond motifs is 1. The van der Waals surface area contributed by atoms with Gasteiger partial charge in [-0.2, -0.15) is 5.10 Å². The van der Waals surface area contributed by atoms with E-state index in [0.717, 1.165) is 53.9 Å². The highest BCUT2D eigenvalue weighted by molar-refractivity contribution is 6.30. The van der Waals surface area contributed by atoms with Gasteiger partial charge in [0.2, 0.25) is 0 Å². The van der Waals surface area contributed by atoms with Crippen LogP contribution in [0.15, 0.2) is 54.6 Å². The number of H-pyrrole nitrogens is 1. The van der Waals surface area contributed by atoms with Gasteiger partial charge in [-0.25, -0.2) is 0 Å². The normalized spacial score (nSPS) is 17.1. The van der Waals surface area contributed by atoms with E-state index in [1.165, 1.54) is 5.56 Å². The van der Waals surface area contributed by atoms with Gasteiger partial charge in [-0.3, -0.25) is 9.89 Å². The minimum Gasteiger partial charge on any atom is -0.394 e. The second-order valence-corrected chi connectivity index (χ2v) is 8.30. The lowest BCUT2D eigenvalue weighted by Crippen LogP contribution is -2.31. The second kappa shape index (κ2) is 9.45. The molecule has 5 nitrogen and oxygen atoms in total. The molecule has 0 fully saturated rings. The summed E-state index contributed by atoms with van der Waals surface area (Å²) in [4.78, 5) is 13.0. The predicted octanol–water partition coefficient (Wildman–Crippen LogP) is 4.58. The van der Waals surface area contributed by atoms with Crippen LogP contribution in [0.5, 0.6) is 0 Å². The molecule has 0 radical (unpaired) electrons. The Hall–Kier alpha value is -2.63. The van der Waals surface area contributed by atoms with Crippen molar-refractivity contribution in [3.05, 3.63) is 87.7 Å². The molecule has 2 unspecified atom stereocenters. The van der Waals surface area contributed by atoms with Crippen LogP contribution >= 0.6 is 11.6 Å². The number of hydrogen-bond acceptors (Lipinski definition) is 3. The van der Waals surface area contributed by atoms with Crippen molar-refractivity contribution in [1.82, 2.24) is 15.5 Å². The van der Waals surface area contributed by atoms with Gasteiger partial charge in [-0.05, 0) is 48.9 Å². The number of aromatic amines is 1. The van der Waals surface area contributed by atoms with Crippen LogP contribution in [0.25, 0.3) is 0 Å². The van der Waals surface area contributed by atoms with Crippen LogP contribution in [-0.4, -0.2) is 27.8 Å². The Morgan fingerprint density at radius 1 is 1.20 bits per heavy atom. The van der Waals surface area contributed by atoms with Gasteiger partial charge in [0.15, 0.2) is 5.69 Å². The van der Waals surface area contributed by atoms with Gasteiger partial charge in [-0.1, -0.05) is 60.5 Å². The monoisotopic (exact) mass is 423 g/mol. The van der Waals surface area contributed by atoms with Crippen LogP contribution in [0.2, 0.25) is 5.02 Å². The molecule has 1 aliphatic carbocycles. The number of carbonyl (C=O) groups excluding carboxylic acids is 1. The minimum absolute atomic E-state index is 0.167. The zero-order valence-electron chi connectivity index (χ0n) is 16.8. The fraction of sp³-hybridized carbons (Fsp3) is 0.333. The van der Waals surface area contributed by atoms with Gasteiger partial charge in [0, 0.05) is 22.2 Å². The predicted molar refractivity (Wildman–Crippen MR) is 118 cm³/mol. The first-order valence-corrected chi connectivity index (χ1v) is 10.8. The van der Waals surface area contributed by atoms with Gasteiger partial charge in [0.05, 0.1) is 12.6 Å². The molecule has 3 N–H and O–H groups in total. The summed E-state index contributed by atoms with van der Waals surface area (Å²) in [5.74, 6) is 0.0246. The molecule has 156 valence electrons. The van der Waals surface area contributed by atoms with Crippen molar-refractivity contribution in [1.29, 1.82) is 0 Å². The first-order chi connectivity index (χ1) is 14.7. The number of aliphatic hydroxyl groups is 1. The van der Waals surface area contributed by atoms with E-state index in [0.29, 0.717) is 5.69 Å². The Morgan fingerprint density at radius 2 is 2.03 bits per heavy atom. The van der Waals surface area contributed by atoms with E-state index in [-0.39, 0.29) is 18.4 Å².